The fraction of sp³-hybridized carbons (Fsp3) is 0.0909. The Morgan fingerprint density at radius 3 is 1.77 bits per heavy atom. The molecule has 0 bridgehead atoms. The van der Waals surface area contributed by atoms with Crippen LogP contribution < -0.4 is 0 Å². The van der Waals surface area contributed by atoms with Crippen LogP contribution in [0.2, 0.25) is 0 Å². The molecule has 0 spiro atoms. The van der Waals surface area contributed by atoms with Crippen LogP contribution in [0.15, 0.2) is 6.07 Å². The normalized spacial score (nSPS) is 8.08. The summed E-state index contributed by atoms with van der Waals surface area (Å²) in [5, 5.41) is 8.32. The van der Waals surface area contributed by atoms with Gasteiger partial charge in [-0.3, -0.25) is 0 Å². The van der Waals surface area contributed by atoms with Crippen molar-refractivity contribution in [2.24, 2.45) is 0 Å². The summed E-state index contributed by atoms with van der Waals surface area (Å²) in [5.41, 5.74) is 0.625. The average molecular weight is 208 g/mol. The van der Waals surface area contributed by atoms with Gasteiger partial charge < -0.3 is 65.3 Å². The van der Waals surface area contributed by atoms with Gasteiger partial charge in [0.05, 0.1) is 0 Å². The zero-order valence-corrected chi connectivity index (χ0v) is 7.69. The molecule has 2 rings (SSSR count). The molecule has 72 valence electrons. The summed E-state index contributed by atoms with van der Waals surface area (Å²) < 4.78 is 0. The molecule has 0 saturated heterocycles. The van der Waals surface area contributed by atoms with Crippen LogP contribution in [0.5, 0.6) is 0 Å². The minimum atomic E-state index is -0.0139. The maximum absolute atomic E-state index is 8.32. The van der Waals surface area contributed by atoms with Gasteiger partial charge in [-0.05, 0) is 0 Å². The van der Waals surface area contributed by atoms with Crippen molar-refractivity contribution in [3.63, 3.8) is 0 Å². The molecule has 2 heteroatoms. The molecule has 0 heterocycles. The Morgan fingerprint density at radius 2 is 1.54 bits per heavy atom. The quantitative estimate of drug-likeness (QED) is 0.540. The van der Waals surface area contributed by atoms with Crippen molar-refractivity contribution in [1.29, 1.82) is 0 Å². The SMILES string of the molecule is OC[c-]1[c-][c-][c-][c-]1.[Fe].[c-]1[c-][c-][cH-][c-]1. The monoisotopic (exact) mass is 208 g/mol. The van der Waals surface area contributed by atoms with Gasteiger partial charge in [-0.15, -0.1) is 6.61 Å². The number of aliphatic hydroxyl groups is 1. The van der Waals surface area contributed by atoms with Crippen LogP contribution in [0.3, 0.4) is 0 Å². The zero-order chi connectivity index (χ0) is 8.65. The number of hydrogen-bond acceptors (Lipinski definition) is 1. The summed E-state index contributed by atoms with van der Waals surface area (Å²) in [6.07, 6.45) is 0. The van der Waals surface area contributed by atoms with E-state index >= 15 is 0 Å². The van der Waals surface area contributed by atoms with Gasteiger partial charge in [0.2, 0.25) is 0 Å². The molecule has 0 radical (unpaired) electrons. The summed E-state index contributed by atoms with van der Waals surface area (Å²) in [4.78, 5) is 0. The van der Waals surface area contributed by atoms with Gasteiger partial charge in [0, 0.05) is 17.1 Å². The second-order valence-corrected chi connectivity index (χ2v) is 1.82. The molecule has 1 N–H and O–H groups in total. The third-order valence-corrected chi connectivity index (χ3v) is 0.999. The summed E-state index contributed by atoms with van der Waals surface area (Å²) >= 11 is 0. The van der Waals surface area contributed by atoms with Crippen molar-refractivity contribution in [2.45, 2.75) is 6.61 Å². The Hall–Kier alpha value is -0.821. The molecule has 0 amide bonds. The van der Waals surface area contributed by atoms with Gasteiger partial charge in [-0.2, -0.15) is 0 Å². The fourth-order valence-corrected chi connectivity index (χ4v) is 0.504. The molecule has 0 atom stereocenters. The first-order valence-corrected chi connectivity index (χ1v) is 3.25. The molecule has 0 aliphatic heterocycles. The van der Waals surface area contributed by atoms with E-state index < -0.39 is 0 Å². The first-order chi connectivity index (χ1) is 5.93. The van der Waals surface area contributed by atoms with Crippen LogP contribution in [0.4, 0.5) is 0 Å². The summed E-state index contributed by atoms with van der Waals surface area (Å²) in [6.45, 7) is -0.0139. The number of aliphatic hydroxyl groups excluding tert-OH is 1. The van der Waals surface area contributed by atoms with Crippen molar-refractivity contribution >= 4 is 0 Å². The first-order valence-electron chi connectivity index (χ1n) is 3.25. The molecule has 0 aliphatic rings. The third kappa shape index (κ3) is 5.42. The molecule has 0 aromatic heterocycles. The molecule has 0 aliphatic carbocycles. The maximum atomic E-state index is 8.32. The Morgan fingerprint density at radius 1 is 1.00 bits per heavy atom. The molecule has 1 nitrogen and oxygen atoms in total. The molecular formula is C11H4FeO-10. The van der Waals surface area contributed by atoms with Gasteiger partial charge in [0.25, 0.3) is 0 Å². The summed E-state index contributed by atoms with van der Waals surface area (Å²) in [7, 11) is 0. The minimum Gasteiger partial charge on any atom is -0.999 e. The van der Waals surface area contributed by atoms with Crippen LogP contribution >= 0.6 is 0 Å². The van der Waals surface area contributed by atoms with Crippen molar-refractivity contribution < 1.29 is 22.2 Å². The van der Waals surface area contributed by atoms with Gasteiger partial charge in [0.1, 0.15) is 0 Å². The number of rotatable bonds is 1. The van der Waals surface area contributed by atoms with E-state index in [1.165, 1.54) is 0 Å². The second-order valence-electron chi connectivity index (χ2n) is 1.82. The molecule has 0 fully saturated rings. The van der Waals surface area contributed by atoms with Crippen molar-refractivity contribution in [2.75, 3.05) is 0 Å². The summed E-state index contributed by atoms with van der Waals surface area (Å²) in [5.74, 6) is 0. The largest absolute Gasteiger partial charge is 0.999 e. The third-order valence-electron chi connectivity index (χ3n) is 0.999. The van der Waals surface area contributed by atoms with E-state index in [0.29, 0.717) is 5.56 Å². The minimum absolute atomic E-state index is 0. The van der Waals surface area contributed by atoms with Gasteiger partial charge in [-0.25, -0.2) is 0 Å². The van der Waals surface area contributed by atoms with Gasteiger partial charge in [0.15, 0.2) is 0 Å². The van der Waals surface area contributed by atoms with E-state index in [0.717, 1.165) is 0 Å². The van der Waals surface area contributed by atoms with Crippen LogP contribution in [0, 0.1) is 48.5 Å². The van der Waals surface area contributed by atoms with Crippen LogP contribution in [0.1, 0.15) is 5.56 Å². The Bertz CT molecular complexity index is 241. The van der Waals surface area contributed by atoms with Crippen LogP contribution in [-0.2, 0) is 23.7 Å². The van der Waals surface area contributed by atoms with E-state index in [9.17, 15) is 0 Å². The van der Waals surface area contributed by atoms with E-state index in [1.807, 2.05) is 0 Å². The van der Waals surface area contributed by atoms with Crippen molar-refractivity contribution in [3.05, 3.63) is 60.2 Å². The van der Waals surface area contributed by atoms with Crippen LogP contribution in [-0.4, -0.2) is 5.11 Å². The molecule has 13 heavy (non-hydrogen) atoms. The predicted octanol–water partition coefficient (Wildman–Crippen LogP) is 0.702. The van der Waals surface area contributed by atoms with E-state index in [4.69, 9.17) is 5.11 Å². The average Bonchev–Trinajstić information content (AvgIpc) is 2.81. The molecule has 2 aromatic rings. The first kappa shape index (κ1) is 12.2. The van der Waals surface area contributed by atoms with Crippen molar-refractivity contribution in [1.82, 2.24) is 0 Å². The molecular weight excluding hydrogens is 204 g/mol. The smallest absolute Gasteiger partial charge is 0 e. The van der Waals surface area contributed by atoms with Crippen LogP contribution in [0.25, 0.3) is 0 Å². The van der Waals surface area contributed by atoms with Crippen molar-refractivity contribution in [3.8, 4) is 0 Å². The second kappa shape index (κ2) is 7.81. The Kier molecular flexibility index (Phi) is 7.32. The van der Waals surface area contributed by atoms with Gasteiger partial charge >= 0.3 is 0 Å². The van der Waals surface area contributed by atoms with Gasteiger partial charge in [-0.1, -0.05) is 0 Å². The summed E-state index contributed by atoms with van der Waals surface area (Å²) in [6, 6.07) is 22.2. The fourth-order valence-electron chi connectivity index (χ4n) is 0.504. The Balaban J connectivity index is 0.000000215. The van der Waals surface area contributed by atoms with E-state index in [-0.39, 0.29) is 23.7 Å². The zero-order valence-electron chi connectivity index (χ0n) is 6.59. The number of hydrogen-bond donors (Lipinski definition) is 1. The van der Waals surface area contributed by atoms with E-state index in [2.05, 4.69) is 48.5 Å². The molecule has 0 saturated carbocycles. The van der Waals surface area contributed by atoms with E-state index in [1.54, 1.807) is 6.07 Å². The molecule has 0 unspecified atom stereocenters. The molecule has 2 aromatic carbocycles. The topological polar surface area (TPSA) is 20.2 Å². The predicted molar refractivity (Wildman–Crippen MR) is 40.7 cm³/mol. The maximum Gasteiger partial charge on any atom is 0 e. The Labute approximate surface area is 89.2 Å². The standard InChI is InChI=1S/C6H3O.C5H.Fe/c7-5-6-3-1-2-4-6;1-2-4-5-3-1;/h7H,5H2;1H;/q2*-5;.